The Hall–Kier alpha value is -3.42. The van der Waals surface area contributed by atoms with Crippen molar-refractivity contribution in [1.82, 2.24) is 14.7 Å². The number of nitrogens with one attached hydrogen (secondary N) is 1. The molecule has 2 N–H and O–H groups in total. The van der Waals surface area contributed by atoms with Gasteiger partial charge in [0.15, 0.2) is 11.2 Å². The monoisotopic (exact) mass is 424 g/mol. The molecule has 1 aromatic carbocycles. The average molecular weight is 425 g/mol. The molecule has 0 aliphatic heterocycles. The second-order valence-electron chi connectivity index (χ2n) is 7.75. The summed E-state index contributed by atoms with van der Waals surface area (Å²) in [6.45, 7) is 8.63. The van der Waals surface area contributed by atoms with E-state index in [4.69, 9.17) is 4.84 Å². The van der Waals surface area contributed by atoms with E-state index in [1.54, 1.807) is 6.92 Å². The van der Waals surface area contributed by atoms with Crippen molar-refractivity contribution < 1.29 is 14.7 Å². The SMILES string of the molecule is CCCCOn1c(=O)c(C(=O)O)c(NCc2ccc(C(C)C)cc2)c2c(C)ncnc21. The molecule has 0 aliphatic rings. The molecule has 0 saturated carbocycles. The number of fused-ring (bicyclic) bond motifs is 1. The van der Waals surface area contributed by atoms with Gasteiger partial charge in [-0.25, -0.2) is 14.8 Å². The second kappa shape index (κ2) is 9.59. The molecule has 164 valence electrons. The first-order chi connectivity index (χ1) is 14.8. The molecule has 0 aliphatic carbocycles. The van der Waals surface area contributed by atoms with Crippen molar-refractivity contribution in [2.45, 2.75) is 53.0 Å². The number of nitrogens with zero attached hydrogens (tertiary/aromatic N) is 3. The molecule has 0 bridgehead atoms. The lowest BCUT2D eigenvalue weighted by Gasteiger charge is -2.18. The summed E-state index contributed by atoms with van der Waals surface area (Å²) in [5.41, 5.74) is 2.04. The normalized spacial score (nSPS) is 11.1. The van der Waals surface area contributed by atoms with Gasteiger partial charge < -0.3 is 15.3 Å². The predicted molar refractivity (Wildman–Crippen MR) is 120 cm³/mol. The minimum atomic E-state index is -1.33. The van der Waals surface area contributed by atoms with Gasteiger partial charge in [0, 0.05) is 6.54 Å². The summed E-state index contributed by atoms with van der Waals surface area (Å²) in [6, 6.07) is 8.07. The fourth-order valence-corrected chi connectivity index (χ4v) is 3.34. The van der Waals surface area contributed by atoms with Gasteiger partial charge in [-0.05, 0) is 30.4 Å². The number of carboxylic acid groups (broad SMARTS) is 1. The van der Waals surface area contributed by atoms with Gasteiger partial charge >= 0.3 is 11.5 Å². The standard InChI is InChI=1S/C23H28N4O4/c1-5-6-11-31-27-21-18(15(4)25-13-26-21)20(19(22(27)28)23(29)30)24-12-16-7-9-17(10-8-16)14(2)3/h7-10,13-14,24H,5-6,11-12H2,1-4H3,(H,29,30). The molecule has 2 aromatic heterocycles. The van der Waals surface area contributed by atoms with E-state index in [1.807, 2.05) is 31.2 Å². The number of aromatic carboxylic acids is 1. The summed E-state index contributed by atoms with van der Waals surface area (Å²) in [5, 5.41) is 13.4. The molecule has 8 nitrogen and oxygen atoms in total. The minimum Gasteiger partial charge on any atom is -0.477 e. The lowest BCUT2D eigenvalue weighted by atomic mass is 10.0. The number of carboxylic acids is 1. The third-order valence-corrected chi connectivity index (χ3v) is 5.16. The summed E-state index contributed by atoms with van der Waals surface area (Å²) >= 11 is 0. The molecule has 0 fully saturated rings. The van der Waals surface area contributed by atoms with Crippen LogP contribution in [-0.4, -0.2) is 32.4 Å². The van der Waals surface area contributed by atoms with E-state index in [9.17, 15) is 14.7 Å². The van der Waals surface area contributed by atoms with Crippen molar-refractivity contribution in [1.29, 1.82) is 0 Å². The summed E-state index contributed by atoms with van der Waals surface area (Å²) in [6.07, 6.45) is 2.94. The lowest BCUT2D eigenvalue weighted by molar-refractivity contribution is 0.0682. The Balaban J connectivity index is 2.09. The van der Waals surface area contributed by atoms with E-state index in [0.717, 1.165) is 23.1 Å². The summed E-state index contributed by atoms with van der Waals surface area (Å²) < 4.78 is 0.978. The molecule has 0 unspecified atom stereocenters. The van der Waals surface area contributed by atoms with Gasteiger partial charge in [-0.1, -0.05) is 51.5 Å². The van der Waals surface area contributed by atoms with Crippen LogP contribution in [0, 0.1) is 6.92 Å². The van der Waals surface area contributed by atoms with Crippen LogP contribution in [0.5, 0.6) is 0 Å². The first-order valence-electron chi connectivity index (χ1n) is 10.4. The minimum absolute atomic E-state index is 0.203. The number of hydrogen-bond donors (Lipinski definition) is 2. The van der Waals surface area contributed by atoms with Gasteiger partial charge in [-0.2, -0.15) is 0 Å². The van der Waals surface area contributed by atoms with Crippen molar-refractivity contribution in [2.75, 3.05) is 11.9 Å². The van der Waals surface area contributed by atoms with E-state index < -0.39 is 11.5 Å². The zero-order valence-corrected chi connectivity index (χ0v) is 18.3. The van der Waals surface area contributed by atoms with Gasteiger partial charge in [-0.3, -0.25) is 4.79 Å². The van der Waals surface area contributed by atoms with Crippen LogP contribution in [0.15, 0.2) is 35.4 Å². The maximum absolute atomic E-state index is 13.0. The van der Waals surface area contributed by atoms with E-state index >= 15 is 0 Å². The number of pyridine rings is 1. The van der Waals surface area contributed by atoms with Gasteiger partial charge in [0.25, 0.3) is 0 Å². The van der Waals surface area contributed by atoms with Crippen LogP contribution >= 0.6 is 0 Å². The van der Waals surface area contributed by atoms with Crippen molar-refractivity contribution in [2.24, 2.45) is 0 Å². The van der Waals surface area contributed by atoms with Crippen LogP contribution in [-0.2, 0) is 6.54 Å². The number of anilines is 1. The molecule has 2 heterocycles. The topological polar surface area (TPSA) is 106 Å². The number of rotatable bonds is 9. The number of carbonyl (C=O) groups is 1. The Morgan fingerprint density at radius 1 is 1.23 bits per heavy atom. The van der Waals surface area contributed by atoms with Gasteiger partial charge in [0.1, 0.15) is 12.9 Å². The zero-order chi connectivity index (χ0) is 22.5. The number of hydrogen-bond acceptors (Lipinski definition) is 6. The maximum Gasteiger partial charge on any atom is 0.343 e. The largest absolute Gasteiger partial charge is 0.477 e. The van der Waals surface area contributed by atoms with E-state index in [2.05, 4.69) is 29.1 Å². The fraction of sp³-hybridized carbons (Fsp3) is 0.391. The van der Waals surface area contributed by atoms with Crippen molar-refractivity contribution in [3.05, 3.63) is 63.3 Å². The van der Waals surface area contributed by atoms with Crippen LogP contribution in [0.3, 0.4) is 0 Å². The van der Waals surface area contributed by atoms with E-state index in [1.165, 1.54) is 11.9 Å². The van der Waals surface area contributed by atoms with Gasteiger partial charge in [0.05, 0.1) is 16.8 Å². The molecule has 31 heavy (non-hydrogen) atoms. The Morgan fingerprint density at radius 2 is 1.94 bits per heavy atom. The highest BCUT2D eigenvalue weighted by Crippen LogP contribution is 2.27. The fourth-order valence-electron chi connectivity index (χ4n) is 3.34. The Kier molecular flexibility index (Phi) is 6.89. The molecular weight excluding hydrogens is 396 g/mol. The van der Waals surface area contributed by atoms with Crippen molar-refractivity contribution >= 4 is 22.7 Å². The molecule has 0 spiro atoms. The second-order valence-corrected chi connectivity index (χ2v) is 7.75. The number of unbranched alkanes of at least 4 members (excludes halogenated alkanes) is 1. The van der Waals surface area contributed by atoms with Gasteiger partial charge in [-0.15, -0.1) is 4.73 Å². The number of benzene rings is 1. The highest BCUT2D eigenvalue weighted by Gasteiger charge is 2.25. The average Bonchev–Trinajstić information content (AvgIpc) is 2.74. The molecule has 0 amide bonds. The highest BCUT2D eigenvalue weighted by atomic mass is 16.7. The molecule has 0 atom stereocenters. The number of aromatic nitrogens is 3. The Morgan fingerprint density at radius 3 is 2.55 bits per heavy atom. The first kappa shape index (κ1) is 22.3. The lowest BCUT2D eigenvalue weighted by Crippen LogP contribution is -2.34. The Bertz CT molecular complexity index is 1140. The van der Waals surface area contributed by atoms with Crippen LogP contribution in [0.2, 0.25) is 0 Å². The zero-order valence-electron chi connectivity index (χ0n) is 18.3. The van der Waals surface area contributed by atoms with Crippen LogP contribution in [0.4, 0.5) is 5.69 Å². The van der Waals surface area contributed by atoms with E-state index in [0.29, 0.717) is 23.5 Å². The molecule has 3 rings (SSSR count). The van der Waals surface area contributed by atoms with Crippen molar-refractivity contribution in [3.8, 4) is 0 Å². The quantitative estimate of drug-likeness (QED) is 0.504. The summed E-state index contributed by atoms with van der Waals surface area (Å²) in [5.74, 6) is -0.912. The molecule has 3 aromatic rings. The highest BCUT2D eigenvalue weighted by molar-refractivity contribution is 6.04. The third-order valence-electron chi connectivity index (χ3n) is 5.16. The summed E-state index contributed by atoms with van der Waals surface area (Å²) in [7, 11) is 0. The van der Waals surface area contributed by atoms with Crippen LogP contribution in [0.1, 0.15) is 66.7 Å². The predicted octanol–water partition coefficient (Wildman–Crippen LogP) is 3.76. The Labute approximate surface area is 180 Å². The van der Waals surface area contributed by atoms with Crippen molar-refractivity contribution in [3.63, 3.8) is 0 Å². The van der Waals surface area contributed by atoms with Gasteiger partial charge in [0.2, 0.25) is 0 Å². The van der Waals surface area contributed by atoms with Crippen LogP contribution < -0.4 is 15.7 Å². The first-order valence-corrected chi connectivity index (χ1v) is 10.4. The third kappa shape index (κ3) is 4.68. The molecule has 0 saturated heterocycles. The summed E-state index contributed by atoms with van der Waals surface area (Å²) in [4.78, 5) is 39.1. The molecular formula is C23H28N4O4. The smallest absolute Gasteiger partial charge is 0.343 e. The maximum atomic E-state index is 13.0. The molecule has 8 heteroatoms. The van der Waals surface area contributed by atoms with E-state index in [-0.39, 0.29) is 23.5 Å². The van der Waals surface area contributed by atoms with Crippen LogP contribution in [0.25, 0.3) is 11.0 Å². The molecule has 0 radical (unpaired) electrons. The number of aryl methyl sites for hydroxylation is 1.